The molecule has 2 nitrogen and oxygen atoms in total. The fraction of sp³-hybridized carbons (Fsp3) is 0.947. The van der Waals surface area contributed by atoms with Gasteiger partial charge in [0.2, 0.25) is 5.91 Å². The van der Waals surface area contributed by atoms with Crippen LogP contribution < -0.4 is 5.32 Å². The lowest BCUT2D eigenvalue weighted by molar-refractivity contribution is -0.133. The molecule has 0 fully saturated rings. The standard InChI is InChI=1S/C19H39NO/c1-14(2)17(6,7)13-19(10,11)20-15(21)18(8,9)12-16(3,4)5/h14H,12-13H2,1-11H3,(H,20,21). The van der Waals surface area contributed by atoms with Gasteiger partial charge in [-0.2, -0.15) is 0 Å². The van der Waals surface area contributed by atoms with Crippen molar-refractivity contribution in [3.8, 4) is 0 Å². The Hall–Kier alpha value is -0.530. The minimum atomic E-state index is -0.336. The van der Waals surface area contributed by atoms with Gasteiger partial charge in [0.25, 0.3) is 0 Å². The summed E-state index contributed by atoms with van der Waals surface area (Å²) >= 11 is 0. The number of amides is 1. The molecule has 0 aromatic rings. The van der Waals surface area contributed by atoms with Crippen LogP contribution in [0, 0.1) is 22.2 Å². The first-order chi connectivity index (χ1) is 8.99. The van der Waals surface area contributed by atoms with Gasteiger partial charge < -0.3 is 5.32 Å². The maximum Gasteiger partial charge on any atom is 0.226 e. The summed E-state index contributed by atoms with van der Waals surface area (Å²) in [7, 11) is 0. The fourth-order valence-electron chi connectivity index (χ4n) is 3.27. The van der Waals surface area contributed by atoms with Crippen LogP contribution in [0.2, 0.25) is 0 Å². The third kappa shape index (κ3) is 7.33. The quantitative estimate of drug-likeness (QED) is 0.697. The smallest absolute Gasteiger partial charge is 0.226 e. The molecule has 0 unspecified atom stereocenters. The molecule has 0 radical (unpaired) electrons. The third-order valence-corrected chi connectivity index (χ3v) is 4.50. The zero-order chi connectivity index (χ0) is 17.3. The van der Waals surface area contributed by atoms with E-state index in [2.05, 4.69) is 81.5 Å². The normalized spacial score (nSPS) is 14.5. The SMILES string of the molecule is CC(C)C(C)(C)CC(C)(C)NC(=O)C(C)(C)CC(C)(C)C. The lowest BCUT2D eigenvalue weighted by Gasteiger charge is -2.40. The van der Waals surface area contributed by atoms with E-state index in [4.69, 9.17) is 0 Å². The van der Waals surface area contributed by atoms with Crippen molar-refractivity contribution in [3.05, 3.63) is 0 Å². The predicted octanol–water partition coefficient (Wildman–Crippen LogP) is 5.42. The van der Waals surface area contributed by atoms with Gasteiger partial charge >= 0.3 is 0 Å². The topological polar surface area (TPSA) is 29.1 Å². The summed E-state index contributed by atoms with van der Waals surface area (Å²) in [6, 6.07) is 0. The molecule has 0 saturated carbocycles. The van der Waals surface area contributed by atoms with E-state index in [0.717, 1.165) is 12.8 Å². The molecule has 0 saturated heterocycles. The largest absolute Gasteiger partial charge is 0.351 e. The minimum Gasteiger partial charge on any atom is -0.351 e. The summed E-state index contributed by atoms with van der Waals surface area (Å²) in [5.41, 5.74) is -0.148. The van der Waals surface area contributed by atoms with Crippen molar-refractivity contribution in [1.82, 2.24) is 5.32 Å². The number of rotatable bonds is 6. The molecule has 0 aliphatic carbocycles. The van der Waals surface area contributed by atoms with E-state index in [-0.39, 0.29) is 27.7 Å². The minimum absolute atomic E-state index is 0.155. The molecule has 0 heterocycles. The van der Waals surface area contributed by atoms with Crippen LogP contribution in [0.25, 0.3) is 0 Å². The van der Waals surface area contributed by atoms with Crippen molar-refractivity contribution in [2.45, 2.75) is 94.5 Å². The van der Waals surface area contributed by atoms with Crippen LogP contribution in [0.4, 0.5) is 0 Å². The van der Waals surface area contributed by atoms with Crippen molar-refractivity contribution in [2.24, 2.45) is 22.2 Å². The highest BCUT2D eigenvalue weighted by Gasteiger charge is 2.37. The molecule has 0 rings (SSSR count). The van der Waals surface area contributed by atoms with E-state index in [1.54, 1.807) is 0 Å². The molecule has 21 heavy (non-hydrogen) atoms. The van der Waals surface area contributed by atoms with Crippen molar-refractivity contribution < 1.29 is 4.79 Å². The van der Waals surface area contributed by atoms with Gasteiger partial charge in [0, 0.05) is 11.0 Å². The first kappa shape index (κ1) is 20.5. The highest BCUT2D eigenvalue weighted by atomic mass is 16.2. The van der Waals surface area contributed by atoms with Gasteiger partial charge in [0.15, 0.2) is 0 Å². The molecule has 0 atom stereocenters. The summed E-state index contributed by atoms with van der Waals surface area (Å²) in [6.45, 7) is 24.0. The first-order valence-electron chi connectivity index (χ1n) is 8.31. The molecule has 0 bridgehead atoms. The molecule has 0 aromatic heterocycles. The molecule has 126 valence electrons. The van der Waals surface area contributed by atoms with Gasteiger partial charge in [-0.15, -0.1) is 0 Å². The van der Waals surface area contributed by atoms with Crippen LogP contribution in [0.5, 0.6) is 0 Å². The Labute approximate surface area is 133 Å². The van der Waals surface area contributed by atoms with Crippen molar-refractivity contribution >= 4 is 5.91 Å². The Morgan fingerprint density at radius 1 is 0.857 bits per heavy atom. The highest BCUT2D eigenvalue weighted by molar-refractivity contribution is 5.82. The summed E-state index contributed by atoms with van der Waals surface area (Å²) in [5.74, 6) is 0.762. The number of carbonyl (C=O) groups excluding carboxylic acids is 1. The Bertz CT molecular complexity index is 356. The van der Waals surface area contributed by atoms with E-state index < -0.39 is 0 Å². The molecule has 2 heteroatoms. The Morgan fingerprint density at radius 2 is 1.29 bits per heavy atom. The third-order valence-electron chi connectivity index (χ3n) is 4.50. The molecule has 0 aliphatic heterocycles. The predicted molar refractivity (Wildman–Crippen MR) is 93.3 cm³/mol. The Kier molecular flexibility index (Phi) is 6.14. The molecule has 0 aromatic carbocycles. The zero-order valence-corrected chi connectivity index (χ0v) is 16.4. The fourth-order valence-corrected chi connectivity index (χ4v) is 3.27. The number of carbonyl (C=O) groups is 1. The van der Waals surface area contributed by atoms with Gasteiger partial charge in [0.05, 0.1) is 0 Å². The lowest BCUT2D eigenvalue weighted by atomic mass is 9.71. The summed E-state index contributed by atoms with van der Waals surface area (Å²) < 4.78 is 0. The first-order valence-corrected chi connectivity index (χ1v) is 8.31. The Balaban J connectivity index is 4.90. The second-order valence-corrected chi connectivity index (χ2v) is 10.3. The number of hydrogen-bond donors (Lipinski definition) is 1. The average Bonchev–Trinajstić information content (AvgIpc) is 2.09. The van der Waals surface area contributed by atoms with Crippen molar-refractivity contribution in [3.63, 3.8) is 0 Å². The van der Waals surface area contributed by atoms with Gasteiger partial charge in [-0.05, 0) is 43.4 Å². The van der Waals surface area contributed by atoms with E-state index in [1.807, 2.05) is 0 Å². The monoisotopic (exact) mass is 297 g/mol. The van der Waals surface area contributed by atoms with Crippen LogP contribution >= 0.6 is 0 Å². The maximum atomic E-state index is 12.7. The molecular weight excluding hydrogens is 258 g/mol. The van der Waals surface area contributed by atoms with E-state index >= 15 is 0 Å². The van der Waals surface area contributed by atoms with Gasteiger partial charge in [-0.1, -0.05) is 62.3 Å². The summed E-state index contributed by atoms with van der Waals surface area (Å²) in [5, 5.41) is 3.29. The molecule has 0 aliphatic rings. The maximum absolute atomic E-state index is 12.7. The van der Waals surface area contributed by atoms with Crippen LogP contribution in [0.15, 0.2) is 0 Å². The van der Waals surface area contributed by atoms with Crippen LogP contribution in [0.1, 0.15) is 89.0 Å². The van der Waals surface area contributed by atoms with Crippen LogP contribution in [-0.2, 0) is 4.79 Å². The second kappa shape index (κ2) is 6.30. The summed E-state index contributed by atoms with van der Waals surface area (Å²) in [4.78, 5) is 12.7. The molecule has 0 spiro atoms. The lowest BCUT2D eigenvalue weighted by Crippen LogP contribution is -2.51. The Morgan fingerprint density at radius 3 is 1.62 bits per heavy atom. The van der Waals surface area contributed by atoms with Crippen molar-refractivity contribution in [1.29, 1.82) is 0 Å². The van der Waals surface area contributed by atoms with E-state index in [9.17, 15) is 4.79 Å². The molecule has 1 amide bonds. The molecular formula is C19H39NO. The van der Waals surface area contributed by atoms with Crippen LogP contribution in [0.3, 0.4) is 0 Å². The highest BCUT2D eigenvalue weighted by Crippen LogP contribution is 2.37. The van der Waals surface area contributed by atoms with Gasteiger partial charge in [-0.3, -0.25) is 4.79 Å². The second-order valence-electron chi connectivity index (χ2n) is 10.3. The number of nitrogens with one attached hydrogen (secondary N) is 1. The average molecular weight is 298 g/mol. The zero-order valence-electron chi connectivity index (χ0n) is 16.4. The number of hydrogen-bond acceptors (Lipinski definition) is 1. The van der Waals surface area contributed by atoms with Gasteiger partial charge in [-0.25, -0.2) is 0 Å². The van der Waals surface area contributed by atoms with E-state index in [1.165, 1.54) is 0 Å². The van der Waals surface area contributed by atoms with E-state index in [0.29, 0.717) is 5.92 Å². The van der Waals surface area contributed by atoms with Gasteiger partial charge in [0.1, 0.15) is 0 Å². The van der Waals surface area contributed by atoms with Crippen molar-refractivity contribution in [2.75, 3.05) is 0 Å². The van der Waals surface area contributed by atoms with Crippen LogP contribution in [-0.4, -0.2) is 11.4 Å². The summed E-state index contributed by atoms with van der Waals surface area (Å²) in [6.07, 6.45) is 1.87. The molecule has 1 N–H and O–H groups in total.